The number of carboxylic acid groups (broad SMARTS) is 1. The largest absolute Gasteiger partial charge is 0.496 e. The second kappa shape index (κ2) is 7.11. The van der Waals surface area contributed by atoms with Crippen molar-refractivity contribution in [1.29, 1.82) is 0 Å². The Morgan fingerprint density at radius 3 is 2.78 bits per heavy atom. The summed E-state index contributed by atoms with van der Waals surface area (Å²) in [6.45, 7) is 4.30. The minimum absolute atomic E-state index is 0.574. The van der Waals surface area contributed by atoms with Gasteiger partial charge >= 0.3 is 5.97 Å². The van der Waals surface area contributed by atoms with Crippen LogP contribution in [0.2, 0.25) is 0 Å². The van der Waals surface area contributed by atoms with Crippen LogP contribution in [-0.4, -0.2) is 23.4 Å². The molecular weight excluding hydrogens is 248 g/mol. The van der Waals surface area contributed by atoms with E-state index < -0.39 is 5.97 Å². The van der Waals surface area contributed by atoms with Gasteiger partial charge in [0, 0.05) is 17.4 Å². The topological polar surface area (TPSA) is 46.5 Å². The quantitative estimate of drug-likeness (QED) is 0.801. The molecule has 0 heterocycles. The minimum Gasteiger partial charge on any atom is -0.496 e. The maximum Gasteiger partial charge on any atom is 0.328 e. The van der Waals surface area contributed by atoms with E-state index in [-0.39, 0.29) is 0 Å². The zero-order valence-electron chi connectivity index (χ0n) is 10.8. The predicted molar refractivity (Wildman–Crippen MR) is 76.1 cm³/mol. The molecule has 0 radical (unpaired) electrons. The summed E-state index contributed by atoms with van der Waals surface area (Å²) in [5.74, 6) is 0.639. The van der Waals surface area contributed by atoms with Crippen molar-refractivity contribution in [3.63, 3.8) is 0 Å². The Bertz CT molecular complexity index is 439. The van der Waals surface area contributed by atoms with Gasteiger partial charge in [-0.15, -0.1) is 0 Å². The van der Waals surface area contributed by atoms with Gasteiger partial charge in [0.25, 0.3) is 0 Å². The monoisotopic (exact) mass is 266 g/mol. The maximum atomic E-state index is 10.5. The average molecular weight is 266 g/mol. The molecule has 0 amide bonds. The molecule has 1 aromatic carbocycles. The summed E-state index contributed by atoms with van der Waals surface area (Å²) in [5.41, 5.74) is 1.96. The molecule has 98 valence electrons. The van der Waals surface area contributed by atoms with Gasteiger partial charge in [0.05, 0.1) is 7.11 Å². The number of carbonyl (C=O) groups is 1. The van der Waals surface area contributed by atoms with Crippen molar-refractivity contribution in [2.24, 2.45) is 0 Å². The van der Waals surface area contributed by atoms with E-state index in [0.29, 0.717) is 11.0 Å². The van der Waals surface area contributed by atoms with Gasteiger partial charge in [-0.1, -0.05) is 19.9 Å². The van der Waals surface area contributed by atoms with Gasteiger partial charge in [-0.3, -0.25) is 0 Å². The molecule has 0 aromatic heterocycles. The van der Waals surface area contributed by atoms with Crippen molar-refractivity contribution in [1.82, 2.24) is 0 Å². The Hall–Kier alpha value is -1.42. The molecule has 18 heavy (non-hydrogen) atoms. The number of thioether (sulfide) groups is 1. The van der Waals surface area contributed by atoms with Crippen LogP contribution in [0.5, 0.6) is 5.75 Å². The Labute approximate surface area is 112 Å². The summed E-state index contributed by atoms with van der Waals surface area (Å²) in [4.78, 5) is 10.5. The van der Waals surface area contributed by atoms with Crippen molar-refractivity contribution in [3.05, 3.63) is 35.4 Å². The molecule has 0 aliphatic heterocycles. The minimum atomic E-state index is -0.959. The zero-order valence-corrected chi connectivity index (χ0v) is 11.7. The van der Waals surface area contributed by atoms with Crippen LogP contribution < -0.4 is 4.74 Å². The fraction of sp³-hybridized carbons (Fsp3) is 0.357. The van der Waals surface area contributed by atoms with Gasteiger partial charge in [0.2, 0.25) is 0 Å². The van der Waals surface area contributed by atoms with E-state index in [2.05, 4.69) is 13.8 Å². The Balaban J connectivity index is 2.90. The van der Waals surface area contributed by atoms with Crippen LogP contribution in [-0.2, 0) is 10.5 Å². The smallest absolute Gasteiger partial charge is 0.328 e. The molecule has 0 saturated heterocycles. The van der Waals surface area contributed by atoms with Crippen LogP contribution >= 0.6 is 11.8 Å². The molecule has 0 spiro atoms. The lowest BCUT2D eigenvalue weighted by Gasteiger charge is -2.09. The Morgan fingerprint density at radius 1 is 1.50 bits per heavy atom. The van der Waals surface area contributed by atoms with Crippen LogP contribution in [0, 0.1) is 0 Å². The number of aliphatic carboxylic acids is 1. The molecule has 0 unspecified atom stereocenters. The summed E-state index contributed by atoms with van der Waals surface area (Å²) in [6, 6.07) is 5.84. The number of rotatable bonds is 6. The number of carboxylic acids is 1. The second-order valence-corrected chi connectivity index (χ2v) is 5.67. The maximum absolute atomic E-state index is 10.5. The zero-order chi connectivity index (χ0) is 13.5. The van der Waals surface area contributed by atoms with Gasteiger partial charge in [-0.2, -0.15) is 11.8 Å². The highest BCUT2D eigenvalue weighted by molar-refractivity contribution is 7.99. The number of methoxy groups -OCH3 is 1. The fourth-order valence-electron chi connectivity index (χ4n) is 1.43. The van der Waals surface area contributed by atoms with Gasteiger partial charge in [0.15, 0.2) is 0 Å². The highest BCUT2D eigenvalue weighted by Gasteiger charge is 2.03. The normalized spacial score (nSPS) is 11.1. The van der Waals surface area contributed by atoms with Crippen molar-refractivity contribution < 1.29 is 14.6 Å². The third kappa shape index (κ3) is 4.84. The van der Waals surface area contributed by atoms with E-state index >= 15 is 0 Å². The standard InChI is InChI=1S/C14H18O3S/c1-10(2)18-9-11-4-6-13(17-3)12(8-11)5-7-14(15)16/h4-8,10H,9H2,1-3H3,(H,15,16)/b7-5+. The van der Waals surface area contributed by atoms with E-state index in [1.54, 1.807) is 13.2 Å². The van der Waals surface area contributed by atoms with E-state index in [9.17, 15) is 4.79 Å². The first-order valence-corrected chi connectivity index (χ1v) is 6.77. The molecule has 0 saturated carbocycles. The lowest BCUT2D eigenvalue weighted by molar-refractivity contribution is -0.131. The highest BCUT2D eigenvalue weighted by Crippen LogP contribution is 2.24. The lowest BCUT2D eigenvalue weighted by Crippen LogP contribution is -1.93. The molecule has 0 aliphatic carbocycles. The molecule has 4 heteroatoms. The molecule has 0 aliphatic rings. The Morgan fingerprint density at radius 2 is 2.22 bits per heavy atom. The van der Waals surface area contributed by atoms with Crippen molar-refractivity contribution >= 4 is 23.8 Å². The fourth-order valence-corrected chi connectivity index (χ4v) is 2.13. The van der Waals surface area contributed by atoms with E-state index in [1.165, 1.54) is 5.56 Å². The lowest BCUT2D eigenvalue weighted by atomic mass is 10.1. The Kier molecular flexibility index (Phi) is 5.78. The number of hydrogen-bond donors (Lipinski definition) is 1. The van der Waals surface area contributed by atoms with Gasteiger partial charge in [0.1, 0.15) is 5.75 Å². The summed E-state index contributed by atoms with van der Waals surface area (Å²) < 4.78 is 5.21. The molecule has 1 N–H and O–H groups in total. The van der Waals surface area contributed by atoms with E-state index in [1.807, 2.05) is 30.0 Å². The highest BCUT2D eigenvalue weighted by atomic mass is 32.2. The third-order valence-corrected chi connectivity index (χ3v) is 3.45. The van der Waals surface area contributed by atoms with E-state index in [0.717, 1.165) is 17.4 Å². The van der Waals surface area contributed by atoms with Gasteiger partial charge in [-0.25, -0.2) is 4.79 Å². The first-order valence-electron chi connectivity index (χ1n) is 5.72. The van der Waals surface area contributed by atoms with Crippen molar-refractivity contribution in [3.8, 4) is 5.75 Å². The molecule has 1 aromatic rings. The molecular formula is C14H18O3S. The SMILES string of the molecule is COc1ccc(CSC(C)C)cc1/C=C/C(=O)O. The van der Waals surface area contributed by atoms with E-state index in [4.69, 9.17) is 9.84 Å². The summed E-state index contributed by atoms with van der Waals surface area (Å²) in [7, 11) is 1.58. The molecule has 3 nitrogen and oxygen atoms in total. The third-order valence-electron chi connectivity index (χ3n) is 2.28. The molecule has 0 bridgehead atoms. The average Bonchev–Trinajstić information content (AvgIpc) is 2.33. The van der Waals surface area contributed by atoms with Crippen LogP contribution in [0.3, 0.4) is 0 Å². The summed E-state index contributed by atoms with van der Waals surface area (Å²) in [6.07, 6.45) is 2.68. The first kappa shape index (κ1) is 14.6. The first-order chi connectivity index (χ1) is 8.52. The second-order valence-electron chi connectivity index (χ2n) is 4.11. The molecule has 0 atom stereocenters. The van der Waals surface area contributed by atoms with Crippen molar-refractivity contribution in [2.75, 3.05) is 7.11 Å². The summed E-state index contributed by atoms with van der Waals surface area (Å²) in [5, 5.41) is 9.23. The summed E-state index contributed by atoms with van der Waals surface area (Å²) >= 11 is 1.85. The predicted octanol–water partition coefficient (Wildman–Crippen LogP) is 3.43. The molecule has 1 rings (SSSR count). The van der Waals surface area contributed by atoms with Crippen LogP contribution in [0.25, 0.3) is 6.08 Å². The van der Waals surface area contributed by atoms with Crippen LogP contribution in [0.1, 0.15) is 25.0 Å². The number of hydrogen-bond acceptors (Lipinski definition) is 3. The van der Waals surface area contributed by atoms with Gasteiger partial charge < -0.3 is 9.84 Å². The number of benzene rings is 1. The van der Waals surface area contributed by atoms with Crippen molar-refractivity contribution in [2.45, 2.75) is 24.9 Å². The number of ether oxygens (including phenoxy) is 1. The van der Waals surface area contributed by atoms with Gasteiger partial charge in [-0.05, 0) is 29.0 Å². The van der Waals surface area contributed by atoms with Crippen LogP contribution in [0.4, 0.5) is 0 Å². The van der Waals surface area contributed by atoms with Crippen LogP contribution in [0.15, 0.2) is 24.3 Å². The molecule has 0 fully saturated rings.